The van der Waals surface area contributed by atoms with Crippen molar-refractivity contribution in [1.82, 2.24) is 15.1 Å². The van der Waals surface area contributed by atoms with E-state index in [1.165, 1.54) is 19.4 Å². The van der Waals surface area contributed by atoms with Crippen LogP contribution in [0.2, 0.25) is 0 Å². The molecule has 0 aliphatic carbocycles. The van der Waals surface area contributed by atoms with Crippen LogP contribution in [0.3, 0.4) is 0 Å². The summed E-state index contributed by atoms with van der Waals surface area (Å²) in [5.74, 6) is 0. The van der Waals surface area contributed by atoms with Crippen molar-refractivity contribution < 1.29 is 9.53 Å². The molecule has 0 aromatic rings. The third kappa shape index (κ3) is 4.05. The highest BCUT2D eigenvalue weighted by Crippen LogP contribution is 2.37. The topological polar surface area (TPSA) is 44.8 Å². The molecular formula is C19H35N3O2. The maximum Gasteiger partial charge on any atom is 0.410 e. The summed E-state index contributed by atoms with van der Waals surface area (Å²) >= 11 is 0. The lowest BCUT2D eigenvalue weighted by Gasteiger charge is -2.42. The number of amides is 1. The summed E-state index contributed by atoms with van der Waals surface area (Å²) in [6.07, 6.45) is 6.78. The Labute approximate surface area is 147 Å². The average molecular weight is 338 g/mol. The van der Waals surface area contributed by atoms with Crippen molar-refractivity contribution in [1.29, 1.82) is 0 Å². The van der Waals surface area contributed by atoms with E-state index in [1.54, 1.807) is 0 Å². The van der Waals surface area contributed by atoms with Gasteiger partial charge >= 0.3 is 6.09 Å². The predicted octanol–water partition coefficient (Wildman–Crippen LogP) is 2.99. The molecule has 5 nitrogen and oxygen atoms in total. The van der Waals surface area contributed by atoms with Crippen molar-refractivity contribution in [3.8, 4) is 0 Å². The number of carbonyl (C=O) groups is 1. The van der Waals surface area contributed by atoms with E-state index in [9.17, 15) is 4.79 Å². The minimum atomic E-state index is -0.407. The minimum Gasteiger partial charge on any atom is -0.444 e. The first-order chi connectivity index (χ1) is 11.2. The van der Waals surface area contributed by atoms with E-state index in [-0.39, 0.29) is 6.09 Å². The lowest BCUT2D eigenvalue weighted by atomic mass is 9.93. The molecule has 0 aromatic heterocycles. The number of nitrogens with zero attached hydrogens (tertiary/aromatic N) is 2. The van der Waals surface area contributed by atoms with Crippen molar-refractivity contribution in [2.24, 2.45) is 0 Å². The van der Waals surface area contributed by atoms with Gasteiger partial charge in [0.1, 0.15) is 5.60 Å². The van der Waals surface area contributed by atoms with Crippen LogP contribution in [0, 0.1) is 0 Å². The molecule has 4 unspecified atom stereocenters. The number of fused-ring (bicyclic) bond motifs is 2. The summed E-state index contributed by atoms with van der Waals surface area (Å²) in [6.45, 7) is 9.35. The standard InChI is InChI=1S/C19H35N3O2/c1-13-10-14(8-9-21(13)5)20-15-11-16-6-7-17(12-15)22(16)18(23)24-19(2,3)4/h13-17,20H,6-12H2,1-5H3. The normalized spacial score (nSPS) is 37.5. The molecule has 1 amide bonds. The molecule has 3 aliphatic rings. The molecular weight excluding hydrogens is 302 g/mol. The number of rotatable bonds is 2. The molecule has 3 saturated heterocycles. The zero-order chi connectivity index (χ0) is 17.5. The number of carbonyl (C=O) groups excluding carboxylic acids is 1. The first-order valence-electron chi connectivity index (χ1n) is 9.70. The molecule has 3 aliphatic heterocycles. The molecule has 2 bridgehead atoms. The Morgan fingerprint density at radius 2 is 1.67 bits per heavy atom. The fraction of sp³-hybridized carbons (Fsp3) is 0.947. The molecule has 24 heavy (non-hydrogen) atoms. The van der Waals surface area contributed by atoms with Crippen LogP contribution < -0.4 is 5.32 Å². The number of hydrogen-bond acceptors (Lipinski definition) is 4. The Bertz CT molecular complexity index is 448. The lowest BCUT2D eigenvalue weighted by Crippen LogP contribution is -2.55. The van der Waals surface area contributed by atoms with Gasteiger partial charge in [-0.25, -0.2) is 4.79 Å². The number of hydrogen-bond donors (Lipinski definition) is 1. The first-order valence-corrected chi connectivity index (χ1v) is 9.70. The number of ether oxygens (including phenoxy) is 1. The smallest absolute Gasteiger partial charge is 0.410 e. The van der Waals surface area contributed by atoms with Gasteiger partial charge in [0.2, 0.25) is 0 Å². The highest BCUT2D eigenvalue weighted by molar-refractivity contribution is 5.69. The summed E-state index contributed by atoms with van der Waals surface area (Å²) in [7, 11) is 2.22. The summed E-state index contributed by atoms with van der Waals surface area (Å²) < 4.78 is 5.63. The largest absolute Gasteiger partial charge is 0.444 e. The average Bonchev–Trinajstić information content (AvgIpc) is 2.73. The molecule has 3 fully saturated rings. The maximum absolute atomic E-state index is 12.5. The Balaban J connectivity index is 1.54. The number of piperidine rings is 2. The van der Waals surface area contributed by atoms with Crippen LogP contribution in [0.25, 0.3) is 0 Å². The van der Waals surface area contributed by atoms with Crippen molar-refractivity contribution in [3.63, 3.8) is 0 Å². The molecule has 138 valence electrons. The second-order valence-electron chi connectivity index (χ2n) is 9.16. The van der Waals surface area contributed by atoms with Gasteiger partial charge in [0, 0.05) is 30.2 Å². The van der Waals surface area contributed by atoms with Crippen LogP contribution in [0.5, 0.6) is 0 Å². The molecule has 3 rings (SSSR count). The van der Waals surface area contributed by atoms with Gasteiger partial charge in [0.25, 0.3) is 0 Å². The van der Waals surface area contributed by atoms with Gasteiger partial charge in [-0.1, -0.05) is 0 Å². The van der Waals surface area contributed by atoms with Crippen molar-refractivity contribution in [2.45, 2.75) is 102 Å². The lowest BCUT2D eigenvalue weighted by molar-refractivity contribution is 0.00372. The van der Waals surface area contributed by atoms with Gasteiger partial charge in [0.05, 0.1) is 0 Å². The summed E-state index contributed by atoms with van der Waals surface area (Å²) in [5.41, 5.74) is -0.407. The highest BCUT2D eigenvalue weighted by Gasteiger charge is 2.45. The SMILES string of the molecule is CC1CC(NC2CC3CCC(C2)N3C(=O)OC(C)(C)C)CCN1C. The Kier molecular flexibility index (Phi) is 5.12. The van der Waals surface area contributed by atoms with E-state index in [0.717, 1.165) is 25.7 Å². The van der Waals surface area contributed by atoms with E-state index < -0.39 is 5.60 Å². The van der Waals surface area contributed by atoms with Gasteiger partial charge in [0.15, 0.2) is 0 Å². The third-order valence-corrected chi connectivity index (χ3v) is 6.02. The van der Waals surface area contributed by atoms with Crippen LogP contribution in [0.15, 0.2) is 0 Å². The van der Waals surface area contributed by atoms with Crippen molar-refractivity contribution in [2.75, 3.05) is 13.6 Å². The van der Waals surface area contributed by atoms with Crippen LogP contribution in [-0.4, -0.2) is 65.3 Å². The quantitative estimate of drug-likeness (QED) is 0.841. The first kappa shape index (κ1) is 18.0. The van der Waals surface area contributed by atoms with Gasteiger partial charge in [-0.05, 0) is 79.8 Å². The molecule has 4 atom stereocenters. The van der Waals surface area contributed by atoms with E-state index in [4.69, 9.17) is 4.74 Å². The Morgan fingerprint density at radius 1 is 1.04 bits per heavy atom. The van der Waals surface area contributed by atoms with E-state index in [1.807, 2.05) is 25.7 Å². The maximum atomic E-state index is 12.5. The van der Waals surface area contributed by atoms with E-state index >= 15 is 0 Å². The van der Waals surface area contributed by atoms with Crippen molar-refractivity contribution >= 4 is 6.09 Å². The second-order valence-corrected chi connectivity index (χ2v) is 9.16. The van der Waals surface area contributed by atoms with E-state index in [2.05, 4.69) is 24.2 Å². The molecule has 3 heterocycles. The monoisotopic (exact) mass is 337 g/mol. The Hall–Kier alpha value is -0.810. The number of likely N-dealkylation sites (tertiary alicyclic amines) is 1. The summed E-state index contributed by atoms with van der Waals surface area (Å²) in [6, 6.07) is 2.57. The van der Waals surface area contributed by atoms with Crippen LogP contribution in [0.1, 0.15) is 66.2 Å². The number of nitrogens with one attached hydrogen (secondary N) is 1. The van der Waals surface area contributed by atoms with Crippen molar-refractivity contribution in [3.05, 3.63) is 0 Å². The fourth-order valence-electron chi connectivity index (χ4n) is 4.70. The molecule has 0 spiro atoms. The van der Waals surface area contributed by atoms with E-state index in [0.29, 0.717) is 30.2 Å². The fourth-order valence-corrected chi connectivity index (χ4v) is 4.70. The summed E-state index contributed by atoms with van der Waals surface area (Å²) in [5, 5.41) is 3.91. The van der Waals surface area contributed by atoms with Gasteiger partial charge in [-0.3, -0.25) is 0 Å². The second kappa shape index (κ2) is 6.83. The van der Waals surface area contributed by atoms with Gasteiger partial charge < -0.3 is 19.9 Å². The Morgan fingerprint density at radius 3 is 2.21 bits per heavy atom. The third-order valence-electron chi connectivity index (χ3n) is 6.02. The molecule has 5 heteroatoms. The van der Waals surface area contributed by atoms with Gasteiger partial charge in [-0.15, -0.1) is 0 Å². The molecule has 0 saturated carbocycles. The predicted molar refractivity (Wildman–Crippen MR) is 96.2 cm³/mol. The zero-order valence-corrected chi connectivity index (χ0v) is 16.0. The van der Waals surface area contributed by atoms with Crippen LogP contribution in [-0.2, 0) is 4.74 Å². The molecule has 0 aromatic carbocycles. The molecule has 0 radical (unpaired) electrons. The minimum absolute atomic E-state index is 0.110. The van der Waals surface area contributed by atoms with Crippen LogP contribution >= 0.6 is 0 Å². The molecule has 1 N–H and O–H groups in total. The van der Waals surface area contributed by atoms with Crippen LogP contribution in [0.4, 0.5) is 4.79 Å². The highest BCUT2D eigenvalue weighted by atomic mass is 16.6. The summed E-state index contributed by atoms with van der Waals surface area (Å²) in [4.78, 5) is 17.0. The zero-order valence-electron chi connectivity index (χ0n) is 16.0. The van der Waals surface area contributed by atoms with Gasteiger partial charge in [-0.2, -0.15) is 0 Å².